The fourth-order valence-electron chi connectivity index (χ4n) is 2.19. The second-order valence-corrected chi connectivity index (χ2v) is 5.03. The van der Waals surface area contributed by atoms with E-state index >= 15 is 0 Å². The Labute approximate surface area is 128 Å². The molecule has 112 valence electrons. The number of ether oxygens (including phenoxy) is 1. The summed E-state index contributed by atoms with van der Waals surface area (Å²) >= 11 is 0. The first kappa shape index (κ1) is 14.3. The SMILES string of the molecule is CCCCOC(=O)c1ccc(-n2nnc3ccccc32)cc1. The Kier molecular flexibility index (Phi) is 4.14. The highest BCUT2D eigenvalue weighted by Crippen LogP contribution is 2.16. The molecule has 0 spiro atoms. The Hall–Kier alpha value is -2.69. The van der Waals surface area contributed by atoms with Crippen molar-refractivity contribution in [3.63, 3.8) is 0 Å². The summed E-state index contributed by atoms with van der Waals surface area (Å²) in [6.45, 7) is 2.52. The molecular weight excluding hydrogens is 278 g/mol. The highest BCUT2D eigenvalue weighted by atomic mass is 16.5. The summed E-state index contributed by atoms with van der Waals surface area (Å²) in [4.78, 5) is 11.9. The van der Waals surface area contributed by atoms with E-state index in [0.717, 1.165) is 29.6 Å². The maximum Gasteiger partial charge on any atom is 0.338 e. The van der Waals surface area contributed by atoms with Crippen LogP contribution in [0.4, 0.5) is 0 Å². The van der Waals surface area contributed by atoms with Gasteiger partial charge in [-0.1, -0.05) is 30.7 Å². The quantitative estimate of drug-likeness (QED) is 0.535. The average molecular weight is 295 g/mol. The lowest BCUT2D eigenvalue weighted by atomic mass is 10.2. The molecule has 0 N–H and O–H groups in total. The van der Waals surface area contributed by atoms with Crippen LogP contribution in [0.5, 0.6) is 0 Å². The van der Waals surface area contributed by atoms with E-state index in [9.17, 15) is 4.79 Å². The van der Waals surface area contributed by atoms with E-state index in [-0.39, 0.29) is 5.97 Å². The van der Waals surface area contributed by atoms with Crippen molar-refractivity contribution >= 4 is 17.0 Å². The second kappa shape index (κ2) is 6.39. The normalized spacial score (nSPS) is 10.8. The largest absolute Gasteiger partial charge is 0.462 e. The number of unbranched alkanes of at least 4 members (excludes halogenated alkanes) is 1. The van der Waals surface area contributed by atoms with Gasteiger partial charge in [-0.15, -0.1) is 5.10 Å². The minimum atomic E-state index is -0.288. The third-order valence-corrected chi connectivity index (χ3v) is 3.43. The van der Waals surface area contributed by atoms with Gasteiger partial charge in [0.1, 0.15) is 5.52 Å². The maximum absolute atomic E-state index is 11.9. The highest BCUT2D eigenvalue weighted by Gasteiger charge is 2.09. The minimum absolute atomic E-state index is 0.288. The molecule has 3 rings (SSSR count). The number of carbonyl (C=O) groups is 1. The molecule has 0 atom stereocenters. The summed E-state index contributed by atoms with van der Waals surface area (Å²) < 4.78 is 6.95. The molecule has 0 saturated carbocycles. The number of para-hydroxylation sites is 1. The van der Waals surface area contributed by atoms with Crippen LogP contribution in [0.2, 0.25) is 0 Å². The van der Waals surface area contributed by atoms with Crippen LogP contribution in [-0.4, -0.2) is 27.6 Å². The molecule has 2 aromatic carbocycles. The molecule has 0 amide bonds. The van der Waals surface area contributed by atoms with Crippen LogP contribution in [0.15, 0.2) is 48.5 Å². The zero-order valence-electron chi connectivity index (χ0n) is 12.4. The van der Waals surface area contributed by atoms with Gasteiger partial charge in [0.05, 0.1) is 23.4 Å². The van der Waals surface area contributed by atoms with Crippen LogP contribution in [0.3, 0.4) is 0 Å². The number of aromatic nitrogens is 3. The minimum Gasteiger partial charge on any atom is -0.462 e. The first-order chi connectivity index (χ1) is 10.8. The molecule has 1 heterocycles. The first-order valence-corrected chi connectivity index (χ1v) is 7.37. The molecule has 0 bridgehead atoms. The molecule has 5 nitrogen and oxygen atoms in total. The monoisotopic (exact) mass is 295 g/mol. The summed E-state index contributed by atoms with van der Waals surface area (Å²) in [7, 11) is 0. The van der Waals surface area contributed by atoms with Crippen molar-refractivity contribution in [1.29, 1.82) is 0 Å². The summed E-state index contributed by atoms with van der Waals surface area (Å²) in [6.07, 6.45) is 1.89. The second-order valence-electron chi connectivity index (χ2n) is 5.03. The van der Waals surface area contributed by atoms with Crippen molar-refractivity contribution < 1.29 is 9.53 Å². The van der Waals surface area contributed by atoms with Crippen LogP contribution in [0.1, 0.15) is 30.1 Å². The lowest BCUT2D eigenvalue weighted by Gasteiger charge is -2.05. The number of hydrogen-bond donors (Lipinski definition) is 0. The van der Waals surface area contributed by atoms with Gasteiger partial charge in [0.15, 0.2) is 0 Å². The zero-order valence-corrected chi connectivity index (χ0v) is 12.4. The van der Waals surface area contributed by atoms with Gasteiger partial charge in [0.2, 0.25) is 0 Å². The van der Waals surface area contributed by atoms with Gasteiger partial charge in [-0.3, -0.25) is 0 Å². The van der Waals surface area contributed by atoms with E-state index in [2.05, 4.69) is 17.2 Å². The third kappa shape index (κ3) is 2.83. The summed E-state index contributed by atoms with van der Waals surface area (Å²) in [5.41, 5.74) is 3.18. The number of carbonyl (C=O) groups excluding carboxylic acids is 1. The Morgan fingerprint density at radius 1 is 1.14 bits per heavy atom. The van der Waals surface area contributed by atoms with Gasteiger partial charge in [-0.25, -0.2) is 9.48 Å². The Morgan fingerprint density at radius 2 is 1.91 bits per heavy atom. The fraction of sp³-hybridized carbons (Fsp3) is 0.235. The number of rotatable bonds is 5. The Morgan fingerprint density at radius 3 is 2.68 bits per heavy atom. The highest BCUT2D eigenvalue weighted by molar-refractivity contribution is 5.89. The lowest BCUT2D eigenvalue weighted by molar-refractivity contribution is 0.0500. The summed E-state index contributed by atoms with van der Waals surface area (Å²) in [5.74, 6) is -0.288. The standard InChI is InChI=1S/C17H17N3O2/c1-2-3-12-22-17(21)13-8-10-14(11-9-13)20-16-7-5-4-6-15(16)18-19-20/h4-11H,2-3,12H2,1H3. The lowest BCUT2D eigenvalue weighted by Crippen LogP contribution is -2.06. The number of hydrogen-bond acceptors (Lipinski definition) is 4. The topological polar surface area (TPSA) is 57.0 Å². The van der Waals surface area contributed by atoms with E-state index in [1.165, 1.54) is 0 Å². The van der Waals surface area contributed by atoms with E-state index in [0.29, 0.717) is 12.2 Å². The van der Waals surface area contributed by atoms with Gasteiger partial charge in [0.25, 0.3) is 0 Å². The van der Waals surface area contributed by atoms with E-state index in [1.54, 1.807) is 16.8 Å². The van der Waals surface area contributed by atoms with Crippen LogP contribution >= 0.6 is 0 Å². The molecule has 0 aliphatic heterocycles. The van der Waals surface area contributed by atoms with Gasteiger partial charge in [-0.05, 0) is 42.8 Å². The van der Waals surface area contributed by atoms with Crippen LogP contribution in [-0.2, 0) is 4.74 Å². The molecule has 0 unspecified atom stereocenters. The molecule has 0 aliphatic carbocycles. The molecule has 5 heteroatoms. The van der Waals surface area contributed by atoms with Crippen molar-refractivity contribution in [2.45, 2.75) is 19.8 Å². The zero-order chi connectivity index (χ0) is 15.4. The molecular formula is C17H17N3O2. The van der Waals surface area contributed by atoms with Crippen molar-refractivity contribution in [1.82, 2.24) is 15.0 Å². The Bertz CT molecular complexity index is 778. The van der Waals surface area contributed by atoms with Crippen molar-refractivity contribution in [2.24, 2.45) is 0 Å². The molecule has 0 fully saturated rings. The predicted molar refractivity (Wildman–Crippen MR) is 84.1 cm³/mol. The third-order valence-electron chi connectivity index (χ3n) is 3.43. The number of benzene rings is 2. The fourth-order valence-corrected chi connectivity index (χ4v) is 2.19. The first-order valence-electron chi connectivity index (χ1n) is 7.37. The average Bonchev–Trinajstić information content (AvgIpc) is 2.99. The van der Waals surface area contributed by atoms with Crippen LogP contribution in [0.25, 0.3) is 16.7 Å². The summed E-state index contributed by atoms with van der Waals surface area (Å²) in [6, 6.07) is 14.9. The summed E-state index contributed by atoms with van der Waals surface area (Å²) in [5, 5.41) is 8.28. The van der Waals surface area contributed by atoms with Crippen molar-refractivity contribution in [2.75, 3.05) is 6.61 Å². The van der Waals surface area contributed by atoms with Crippen LogP contribution in [0, 0.1) is 0 Å². The Balaban J connectivity index is 1.81. The maximum atomic E-state index is 11.9. The molecule has 0 saturated heterocycles. The van der Waals surface area contributed by atoms with Gasteiger partial charge in [0, 0.05) is 0 Å². The van der Waals surface area contributed by atoms with E-state index < -0.39 is 0 Å². The molecule has 0 aliphatic rings. The number of nitrogens with zero attached hydrogens (tertiary/aromatic N) is 3. The van der Waals surface area contributed by atoms with Crippen LogP contribution < -0.4 is 0 Å². The molecule has 22 heavy (non-hydrogen) atoms. The van der Waals surface area contributed by atoms with Crippen molar-refractivity contribution in [3.05, 3.63) is 54.1 Å². The predicted octanol–water partition coefficient (Wildman–Crippen LogP) is 3.38. The molecule has 3 aromatic rings. The number of esters is 1. The van der Waals surface area contributed by atoms with Gasteiger partial charge < -0.3 is 4.74 Å². The smallest absolute Gasteiger partial charge is 0.338 e. The van der Waals surface area contributed by atoms with E-state index in [4.69, 9.17) is 4.74 Å². The molecule has 1 aromatic heterocycles. The van der Waals surface area contributed by atoms with Crippen molar-refractivity contribution in [3.8, 4) is 5.69 Å². The van der Waals surface area contributed by atoms with E-state index in [1.807, 2.05) is 36.4 Å². The molecule has 0 radical (unpaired) electrons. The van der Waals surface area contributed by atoms with Gasteiger partial charge in [-0.2, -0.15) is 0 Å². The van der Waals surface area contributed by atoms with Gasteiger partial charge >= 0.3 is 5.97 Å². The number of fused-ring (bicyclic) bond motifs is 1.